The molecule has 0 aliphatic heterocycles. The maximum atomic E-state index is 11.9. The van der Waals surface area contributed by atoms with Crippen molar-refractivity contribution in [3.05, 3.63) is 22.8 Å². The van der Waals surface area contributed by atoms with Crippen LogP contribution in [0.2, 0.25) is 5.02 Å². The van der Waals surface area contributed by atoms with Crippen LogP contribution in [-0.2, 0) is 4.79 Å². The van der Waals surface area contributed by atoms with Gasteiger partial charge in [0.1, 0.15) is 11.5 Å². The summed E-state index contributed by atoms with van der Waals surface area (Å²) < 4.78 is 0. The lowest BCUT2D eigenvalue weighted by atomic mass is 10.3. The number of hydrogen-bond acceptors (Lipinski definition) is 4. The Kier molecular flexibility index (Phi) is 6.24. The lowest BCUT2D eigenvalue weighted by Crippen LogP contribution is -2.40. The maximum absolute atomic E-state index is 11.9. The molecule has 3 N–H and O–H groups in total. The zero-order chi connectivity index (χ0) is 15.1. The second kappa shape index (κ2) is 7.69. The number of hydrogen-bond donors (Lipinski definition) is 3. The molecule has 0 spiro atoms. The van der Waals surface area contributed by atoms with Crippen LogP contribution in [0.4, 0.5) is 5.82 Å². The predicted octanol–water partition coefficient (Wildman–Crippen LogP) is 1.42. The molecule has 1 aromatic heterocycles. The van der Waals surface area contributed by atoms with Gasteiger partial charge in [-0.05, 0) is 32.9 Å². The van der Waals surface area contributed by atoms with E-state index >= 15 is 0 Å². The van der Waals surface area contributed by atoms with Gasteiger partial charge in [-0.15, -0.1) is 0 Å². The van der Waals surface area contributed by atoms with Crippen LogP contribution >= 0.6 is 11.6 Å². The fourth-order valence-electron chi connectivity index (χ4n) is 1.50. The Morgan fingerprint density at radius 1 is 1.35 bits per heavy atom. The van der Waals surface area contributed by atoms with Gasteiger partial charge >= 0.3 is 0 Å². The summed E-state index contributed by atoms with van der Waals surface area (Å²) >= 11 is 5.94. The van der Waals surface area contributed by atoms with Gasteiger partial charge in [-0.1, -0.05) is 11.6 Å². The van der Waals surface area contributed by atoms with E-state index in [1.807, 2.05) is 20.8 Å². The van der Waals surface area contributed by atoms with Gasteiger partial charge in [-0.25, -0.2) is 4.98 Å². The number of rotatable bonds is 6. The number of nitrogens with zero attached hydrogens (tertiary/aromatic N) is 1. The van der Waals surface area contributed by atoms with E-state index in [0.29, 0.717) is 12.4 Å². The Morgan fingerprint density at radius 2 is 2.05 bits per heavy atom. The molecule has 0 unspecified atom stereocenters. The van der Waals surface area contributed by atoms with E-state index in [4.69, 9.17) is 11.6 Å². The van der Waals surface area contributed by atoms with Gasteiger partial charge in [0.25, 0.3) is 5.91 Å². The Morgan fingerprint density at radius 3 is 2.65 bits per heavy atom. The quantitative estimate of drug-likeness (QED) is 0.742. The van der Waals surface area contributed by atoms with Gasteiger partial charge < -0.3 is 16.0 Å². The van der Waals surface area contributed by atoms with Gasteiger partial charge in [-0.3, -0.25) is 9.59 Å². The first-order chi connectivity index (χ1) is 9.43. The van der Waals surface area contributed by atoms with E-state index in [2.05, 4.69) is 20.9 Å². The van der Waals surface area contributed by atoms with Crippen molar-refractivity contribution in [3.8, 4) is 0 Å². The van der Waals surface area contributed by atoms with Crippen LogP contribution in [0.5, 0.6) is 0 Å². The minimum absolute atomic E-state index is 0.0261. The summed E-state index contributed by atoms with van der Waals surface area (Å²) in [6, 6.07) is 3.31. The standard InChI is InChI=1S/C13H19ClN4O2/c1-4-15-10-6-5-9(14)12(18-10)13(20)16-7-11(19)17-8(2)3/h5-6,8H,4,7H2,1-3H3,(H,15,18)(H,16,20)(H,17,19). The summed E-state index contributed by atoms with van der Waals surface area (Å²) in [6.45, 7) is 6.19. The molecule has 110 valence electrons. The second-order valence-electron chi connectivity index (χ2n) is 4.46. The minimum atomic E-state index is -0.478. The predicted molar refractivity (Wildman–Crippen MR) is 79.0 cm³/mol. The topological polar surface area (TPSA) is 83.1 Å². The molecule has 1 aromatic rings. The number of anilines is 1. The minimum Gasteiger partial charge on any atom is -0.370 e. The van der Waals surface area contributed by atoms with Crippen LogP contribution in [0.15, 0.2) is 12.1 Å². The fraction of sp³-hybridized carbons (Fsp3) is 0.462. The van der Waals surface area contributed by atoms with Crippen LogP contribution in [0.3, 0.4) is 0 Å². The molecule has 0 saturated carbocycles. The number of carbonyl (C=O) groups excluding carboxylic acids is 2. The SMILES string of the molecule is CCNc1ccc(Cl)c(C(=O)NCC(=O)NC(C)C)n1. The Hall–Kier alpha value is -1.82. The normalized spacial score (nSPS) is 10.2. The molecule has 1 rings (SSSR count). The zero-order valence-electron chi connectivity index (χ0n) is 11.8. The van der Waals surface area contributed by atoms with Gasteiger partial charge in [0.05, 0.1) is 11.6 Å². The van der Waals surface area contributed by atoms with Crippen molar-refractivity contribution in [2.75, 3.05) is 18.4 Å². The summed E-state index contributed by atoms with van der Waals surface area (Å²) in [5.41, 5.74) is 0.0995. The first-order valence-corrected chi connectivity index (χ1v) is 6.79. The Balaban J connectivity index is 2.67. The highest BCUT2D eigenvalue weighted by Gasteiger charge is 2.14. The van der Waals surface area contributed by atoms with E-state index in [0.717, 1.165) is 0 Å². The fourth-order valence-corrected chi connectivity index (χ4v) is 1.69. The Bertz CT molecular complexity index is 491. The lowest BCUT2D eigenvalue weighted by molar-refractivity contribution is -0.120. The summed E-state index contributed by atoms with van der Waals surface area (Å²) in [7, 11) is 0. The highest BCUT2D eigenvalue weighted by molar-refractivity contribution is 6.33. The zero-order valence-corrected chi connectivity index (χ0v) is 12.5. The van der Waals surface area contributed by atoms with Crippen molar-refractivity contribution in [2.24, 2.45) is 0 Å². The molecule has 20 heavy (non-hydrogen) atoms. The molecule has 2 amide bonds. The molecule has 0 fully saturated rings. The maximum Gasteiger partial charge on any atom is 0.271 e. The summed E-state index contributed by atoms with van der Waals surface area (Å²) in [4.78, 5) is 27.5. The van der Waals surface area contributed by atoms with Crippen molar-refractivity contribution in [3.63, 3.8) is 0 Å². The van der Waals surface area contributed by atoms with Crippen LogP contribution in [0.1, 0.15) is 31.3 Å². The lowest BCUT2D eigenvalue weighted by Gasteiger charge is -2.10. The number of carbonyl (C=O) groups is 2. The van der Waals surface area contributed by atoms with E-state index in [1.54, 1.807) is 12.1 Å². The average molecular weight is 299 g/mol. The summed E-state index contributed by atoms with van der Waals surface area (Å²) in [5.74, 6) is -0.172. The molecule has 0 saturated heterocycles. The van der Waals surface area contributed by atoms with Crippen molar-refractivity contribution in [2.45, 2.75) is 26.8 Å². The average Bonchev–Trinajstić information content (AvgIpc) is 2.37. The summed E-state index contributed by atoms with van der Waals surface area (Å²) in [5, 5.41) is 8.40. The monoisotopic (exact) mass is 298 g/mol. The molecule has 7 heteroatoms. The van der Waals surface area contributed by atoms with Crippen LogP contribution in [0, 0.1) is 0 Å². The van der Waals surface area contributed by atoms with Crippen LogP contribution in [-0.4, -0.2) is 35.9 Å². The molecule has 0 radical (unpaired) electrons. The number of amides is 2. The first-order valence-electron chi connectivity index (χ1n) is 6.42. The smallest absolute Gasteiger partial charge is 0.271 e. The van der Waals surface area contributed by atoms with Gasteiger partial charge in [0.2, 0.25) is 5.91 Å². The van der Waals surface area contributed by atoms with Crippen molar-refractivity contribution in [1.82, 2.24) is 15.6 Å². The molecular formula is C13H19ClN4O2. The number of pyridine rings is 1. The van der Waals surface area contributed by atoms with E-state index in [1.165, 1.54) is 0 Å². The molecule has 1 heterocycles. The Labute approximate surface area is 123 Å². The van der Waals surface area contributed by atoms with Gasteiger partial charge in [0.15, 0.2) is 0 Å². The third-order valence-corrected chi connectivity index (χ3v) is 2.58. The largest absolute Gasteiger partial charge is 0.370 e. The number of nitrogens with one attached hydrogen (secondary N) is 3. The second-order valence-corrected chi connectivity index (χ2v) is 4.87. The third kappa shape index (κ3) is 5.05. The molecule has 0 bridgehead atoms. The van der Waals surface area contributed by atoms with Gasteiger partial charge in [-0.2, -0.15) is 0 Å². The van der Waals surface area contributed by atoms with E-state index in [9.17, 15) is 9.59 Å². The van der Waals surface area contributed by atoms with Crippen LogP contribution in [0.25, 0.3) is 0 Å². The van der Waals surface area contributed by atoms with Crippen molar-refractivity contribution in [1.29, 1.82) is 0 Å². The first kappa shape index (κ1) is 16.2. The summed E-state index contributed by atoms with van der Waals surface area (Å²) in [6.07, 6.45) is 0. The van der Waals surface area contributed by atoms with Gasteiger partial charge in [0, 0.05) is 12.6 Å². The van der Waals surface area contributed by atoms with E-state index < -0.39 is 5.91 Å². The molecular weight excluding hydrogens is 280 g/mol. The molecule has 0 atom stereocenters. The van der Waals surface area contributed by atoms with Crippen molar-refractivity contribution < 1.29 is 9.59 Å². The molecule has 0 aromatic carbocycles. The molecule has 6 nitrogen and oxygen atoms in total. The van der Waals surface area contributed by atoms with Crippen LogP contribution < -0.4 is 16.0 Å². The van der Waals surface area contributed by atoms with Crippen molar-refractivity contribution >= 4 is 29.2 Å². The van der Waals surface area contributed by atoms with E-state index in [-0.39, 0.29) is 29.2 Å². The molecule has 0 aliphatic rings. The number of halogens is 1. The third-order valence-electron chi connectivity index (χ3n) is 2.28. The highest BCUT2D eigenvalue weighted by Crippen LogP contribution is 2.16. The highest BCUT2D eigenvalue weighted by atomic mass is 35.5. The number of aromatic nitrogens is 1. The molecule has 0 aliphatic carbocycles.